The van der Waals surface area contributed by atoms with Crippen LogP contribution in [0, 0.1) is 0 Å². The van der Waals surface area contributed by atoms with Crippen LogP contribution in [-0.2, 0) is 4.79 Å². The molecular formula is C15H17N3O2. The van der Waals surface area contributed by atoms with E-state index in [0.29, 0.717) is 24.4 Å². The fraction of sp³-hybridized carbons (Fsp3) is 0.333. The summed E-state index contributed by atoms with van der Waals surface area (Å²) in [6.07, 6.45) is 1.13. The number of fused-ring (bicyclic) bond motifs is 1. The number of rotatable bonds is 1. The van der Waals surface area contributed by atoms with Gasteiger partial charge in [0, 0.05) is 24.2 Å². The number of likely N-dealkylation sites (tertiary alicyclic amines) is 1. The molecule has 104 valence electrons. The van der Waals surface area contributed by atoms with E-state index in [9.17, 15) is 9.90 Å². The highest BCUT2D eigenvalue weighted by Crippen LogP contribution is 2.28. The quantitative estimate of drug-likeness (QED) is 0.813. The number of aliphatic hydroxyl groups is 1. The van der Waals surface area contributed by atoms with Gasteiger partial charge in [-0.25, -0.2) is 0 Å². The number of hydrogen-bond donors (Lipinski definition) is 2. The normalized spacial score (nSPS) is 21.9. The van der Waals surface area contributed by atoms with Crippen molar-refractivity contribution in [2.75, 3.05) is 18.5 Å². The maximum absolute atomic E-state index is 12.5. The Morgan fingerprint density at radius 2 is 2.25 bits per heavy atom. The van der Waals surface area contributed by atoms with Gasteiger partial charge in [0.05, 0.1) is 11.8 Å². The lowest BCUT2D eigenvalue weighted by molar-refractivity contribution is -0.126. The molecule has 3 rings (SSSR count). The SMILES string of the molecule is C=C1C(C(=O)N2CCCC(O)C2)=NNc2ccccc21. The molecule has 20 heavy (non-hydrogen) atoms. The van der Waals surface area contributed by atoms with Gasteiger partial charge in [-0.2, -0.15) is 5.10 Å². The molecule has 1 saturated heterocycles. The van der Waals surface area contributed by atoms with Crippen molar-refractivity contribution in [2.24, 2.45) is 5.10 Å². The molecule has 1 atom stereocenters. The van der Waals surface area contributed by atoms with Gasteiger partial charge in [-0.1, -0.05) is 24.8 Å². The number of para-hydroxylation sites is 1. The highest BCUT2D eigenvalue weighted by molar-refractivity contribution is 6.56. The average molecular weight is 271 g/mol. The third kappa shape index (κ3) is 2.20. The summed E-state index contributed by atoms with van der Waals surface area (Å²) in [6.45, 7) is 5.02. The average Bonchev–Trinajstić information content (AvgIpc) is 2.47. The summed E-state index contributed by atoms with van der Waals surface area (Å²) in [5.41, 5.74) is 5.60. The minimum absolute atomic E-state index is 0.171. The molecule has 0 aliphatic carbocycles. The molecule has 2 aliphatic heterocycles. The first-order valence-electron chi connectivity index (χ1n) is 6.76. The number of benzene rings is 1. The number of amides is 1. The Hall–Kier alpha value is -2.14. The van der Waals surface area contributed by atoms with E-state index in [1.807, 2.05) is 24.3 Å². The Labute approximate surface area is 117 Å². The molecule has 1 fully saturated rings. The Morgan fingerprint density at radius 1 is 1.45 bits per heavy atom. The smallest absolute Gasteiger partial charge is 0.275 e. The fourth-order valence-corrected chi connectivity index (χ4v) is 2.62. The van der Waals surface area contributed by atoms with E-state index in [4.69, 9.17) is 0 Å². The van der Waals surface area contributed by atoms with E-state index in [0.717, 1.165) is 24.1 Å². The van der Waals surface area contributed by atoms with Gasteiger partial charge < -0.3 is 10.0 Å². The summed E-state index contributed by atoms with van der Waals surface area (Å²) < 4.78 is 0. The van der Waals surface area contributed by atoms with Crippen molar-refractivity contribution in [1.29, 1.82) is 0 Å². The number of hydrazone groups is 1. The van der Waals surface area contributed by atoms with Crippen LogP contribution in [0.5, 0.6) is 0 Å². The molecule has 5 heteroatoms. The second-order valence-corrected chi connectivity index (χ2v) is 5.14. The van der Waals surface area contributed by atoms with Crippen LogP contribution in [0.1, 0.15) is 18.4 Å². The summed E-state index contributed by atoms with van der Waals surface area (Å²) >= 11 is 0. The van der Waals surface area contributed by atoms with Gasteiger partial charge >= 0.3 is 0 Å². The van der Waals surface area contributed by atoms with Gasteiger partial charge in [-0.05, 0) is 18.9 Å². The third-order valence-corrected chi connectivity index (χ3v) is 3.71. The lowest BCUT2D eigenvalue weighted by Gasteiger charge is -2.31. The van der Waals surface area contributed by atoms with Gasteiger partial charge in [0.1, 0.15) is 0 Å². The molecule has 0 radical (unpaired) electrons. The Morgan fingerprint density at radius 3 is 3.05 bits per heavy atom. The number of anilines is 1. The molecule has 0 spiro atoms. The molecule has 2 aliphatic rings. The topological polar surface area (TPSA) is 64.9 Å². The van der Waals surface area contributed by atoms with E-state index in [2.05, 4.69) is 17.1 Å². The molecular weight excluding hydrogens is 254 g/mol. The van der Waals surface area contributed by atoms with Crippen LogP contribution in [0.25, 0.3) is 5.57 Å². The summed E-state index contributed by atoms with van der Waals surface area (Å²) in [7, 11) is 0. The molecule has 0 aromatic heterocycles. The van der Waals surface area contributed by atoms with Gasteiger partial charge in [-0.3, -0.25) is 10.2 Å². The van der Waals surface area contributed by atoms with Crippen LogP contribution in [0.2, 0.25) is 0 Å². The monoisotopic (exact) mass is 271 g/mol. The van der Waals surface area contributed by atoms with E-state index < -0.39 is 6.10 Å². The molecule has 0 saturated carbocycles. The lowest BCUT2D eigenvalue weighted by Crippen LogP contribution is -2.45. The zero-order valence-electron chi connectivity index (χ0n) is 11.2. The number of nitrogens with zero attached hydrogens (tertiary/aromatic N) is 2. The Bertz CT molecular complexity index is 595. The van der Waals surface area contributed by atoms with Gasteiger partial charge in [0.2, 0.25) is 0 Å². The number of piperidine rings is 1. The summed E-state index contributed by atoms with van der Waals surface area (Å²) in [4.78, 5) is 14.1. The Balaban J connectivity index is 1.83. The van der Waals surface area contributed by atoms with Crippen molar-refractivity contribution >= 4 is 22.9 Å². The molecule has 1 aromatic rings. The van der Waals surface area contributed by atoms with Crippen LogP contribution in [0.15, 0.2) is 35.9 Å². The number of carbonyl (C=O) groups is 1. The third-order valence-electron chi connectivity index (χ3n) is 3.71. The Kier molecular flexibility index (Phi) is 3.28. The van der Waals surface area contributed by atoms with E-state index >= 15 is 0 Å². The van der Waals surface area contributed by atoms with Crippen LogP contribution >= 0.6 is 0 Å². The second kappa shape index (κ2) is 5.09. The number of β-amino-alcohol motifs (C(OH)–C–C–N with tert-alkyl or cyclic N) is 1. The standard InChI is InChI=1S/C15H17N3O2/c1-10-12-6-2-3-7-13(12)16-17-14(10)15(20)18-8-4-5-11(19)9-18/h2-3,6-7,11,16,19H,1,4-5,8-9H2. The first-order valence-corrected chi connectivity index (χ1v) is 6.76. The molecule has 1 unspecified atom stereocenters. The largest absolute Gasteiger partial charge is 0.391 e. The van der Waals surface area contributed by atoms with Crippen molar-refractivity contribution < 1.29 is 9.90 Å². The van der Waals surface area contributed by atoms with E-state index in [-0.39, 0.29) is 5.91 Å². The van der Waals surface area contributed by atoms with Crippen molar-refractivity contribution in [3.63, 3.8) is 0 Å². The van der Waals surface area contributed by atoms with Crippen molar-refractivity contribution in [3.8, 4) is 0 Å². The predicted octanol–water partition coefficient (Wildman–Crippen LogP) is 1.46. The number of aliphatic hydroxyl groups excluding tert-OH is 1. The minimum Gasteiger partial charge on any atom is -0.391 e. The molecule has 1 amide bonds. The van der Waals surface area contributed by atoms with E-state index in [1.165, 1.54) is 0 Å². The molecule has 2 N–H and O–H groups in total. The predicted molar refractivity (Wildman–Crippen MR) is 78.4 cm³/mol. The maximum atomic E-state index is 12.5. The summed E-state index contributed by atoms with van der Waals surface area (Å²) in [5.74, 6) is -0.171. The van der Waals surface area contributed by atoms with Crippen LogP contribution in [0.3, 0.4) is 0 Å². The van der Waals surface area contributed by atoms with Crippen LogP contribution in [-0.4, -0.2) is 40.8 Å². The summed E-state index contributed by atoms with van der Waals surface area (Å²) in [6, 6.07) is 7.62. The van der Waals surface area contributed by atoms with Gasteiger partial charge in [0.25, 0.3) is 5.91 Å². The molecule has 0 bridgehead atoms. The minimum atomic E-state index is -0.439. The fourth-order valence-electron chi connectivity index (χ4n) is 2.62. The summed E-state index contributed by atoms with van der Waals surface area (Å²) in [5, 5.41) is 13.8. The highest BCUT2D eigenvalue weighted by Gasteiger charge is 2.29. The van der Waals surface area contributed by atoms with E-state index in [1.54, 1.807) is 4.90 Å². The van der Waals surface area contributed by atoms with Crippen molar-refractivity contribution in [1.82, 2.24) is 4.90 Å². The van der Waals surface area contributed by atoms with Crippen LogP contribution in [0.4, 0.5) is 5.69 Å². The first kappa shape index (κ1) is 12.9. The first-order chi connectivity index (χ1) is 9.66. The number of carbonyl (C=O) groups excluding carboxylic acids is 1. The lowest BCUT2D eigenvalue weighted by atomic mass is 9.98. The van der Waals surface area contributed by atoms with Gasteiger partial charge in [-0.15, -0.1) is 0 Å². The zero-order chi connectivity index (χ0) is 14.1. The second-order valence-electron chi connectivity index (χ2n) is 5.14. The molecule has 1 aromatic carbocycles. The number of nitrogens with one attached hydrogen (secondary N) is 1. The molecule has 2 heterocycles. The van der Waals surface area contributed by atoms with Crippen molar-refractivity contribution in [3.05, 3.63) is 36.4 Å². The maximum Gasteiger partial charge on any atom is 0.275 e. The zero-order valence-corrected chi connectivity index (χ0v) is 11.2. The molecule has 5 nitrogen and oxygen atoms in total. The van der Waals surface area contributed by atoms with Crippen LogP contribution < -0.4 is 5.43 Å². The van der Waals surface area contributed by atoms with Crippen molar-refractivity contribution in [2.45, 2.75) is 18.9 Å². The number of hydrogen-bond acceptors (Lipinski definition) is 4. The van der Waals surface area contributed by atoms with Gasteiger partial charge in [0.15, 0.2) is 5.71 Å². The highest BCUT2D eigenvalue weighted by atomic mass is 16.3.